The molecule has 20 heavy (non-hydrogen) atoms. The maximum atomic E-state index is 12.2. The van der Waals surface area contributed by atoms with Crippen molar-refractivity contribution in [3.05, 3.63) is 34.6 Å². The van der Waals surface area contributed by atoms with Gasteiger partial charge in [0, 0.05) is 5.69 Å². The molecule has 0 bridgehead atoms. The number of nitrogens with zero attached hydrogens (tertiary/aromatic N) is 3. The summed E-state index contributed by atoms with van der Waals surface area (Å²) >= 11 is 5.87. The van der Waals surface area contributed by atoms with Crippen LogP contribution in [0.3, 0.4) is 0 Å². The summed E-state index contributed by atoms with van der Waals surface area (Å²) < 4.78 is 26.6. The van der Waals surface area contributed by atoms with Gasteiger partial charge in [0.05, 0.1) is 16.4 Å². The number of hydrogen-bond acceptors (Lipinski definition) is 6. The SMILES string of the molecule is Cc1nnc(NS(=O)(=O)c2cc(N)ccc2Cl)nc1C. The number of benzene rings is 1. The van der Waals surface area contributed by atoms with E-state index < -0.39 is 10.0 Å². The van der Waals surface area contributed by atoms with Gasteiger partial charge in [0.25, 0.3) is 16.0 Å². The summed E-state index contributed by atoms with van der Waals surface area (Å²) in [4.78, 5) is 3.86. The van der Waals surface area contributed by atoms with Gasteiger partial charge in [-0.2, -0.15) is 5.10 Å². The van der Waals surface area contributed by atoms with Gasteiger partial charge in [-0.25, -0.2) is 18.1 Å². The molecule has 2 rings (SSSR count). The third-order valence-electron chi connectivity index (χ3n) is 2.56. The fraction of sp³-hybridized carbons (Fsp3) is 0.182. The van der Waals surface area contributed by atoms with Gasteiger partial charge in [0.1, 0.15) is 4.90 Å². The first-order valence-electron chi connectivity index (χ1n) is 5.55. The van der Waals surface area contributed by atoms with Crippen molar-refractivity contribution in [3.63, 3.8) is 0 Å². The standard InChI is InChI=1S/C11H12ClN5O2S/c1-6-7(2)15-16-11(14-6)17-20(18,19)10-5-8(13)3-4-9(10)12/h3-5H,13H2,1-2H3,(H,14,16,17). The maximum absolute atomic E-state index is 12.2. The zero-order valence-electron chi connectivity index (χ0n) is 10.8. The van der Waals surface area contributed by atoms with E-state index in [-0.39, 0.29) is 21.6 Å². The highest BCUT2D eigenvalue weighted by atomic mass is 35.5. The highest BCUT2D eigenvalue weighted by molar-refractivity contribution is 7.92. The predicted octanol–water partition coefficient (Wildman–Crippen LogP) is 1.52. The molecule has 0 unspecified atom stereocenters. The molecule has 0 atom stereocenters. The van der Waals surface area contributed by atoms with Crippen molar-refractivity contribution in [1.29, 1.82) is 0 Å². The number of aromatic nitrogens is 3. The van der Waals surface area contributed by atoms with Gasteiger partial charge in [0.2, 0.25) is 0 Å². The van der Waals surface area contributed by atoms with Crippen LogP contribution in [0.4, 0.5) is 11.6 Å². The Hall–Kier alpha value is -1.93. The summed E-state index contributed by atoms with van der Waals surface area (Å²) in [6, 6.07) is 4.18. The molecule has 0 saturated heterocycles. The molecule has 7 nitrogen and oxygen atoms in total. The van der Waals surface area contributed by atoms with Crippen LogP contribution < -0.4 is 10.5 Å². The molecule has 0 saturated carbocycles. The minimum Gasteiger partial charge on any atom is -0.399 e. The van der Waals surface area contributed by atoms with Gasteiger partial charge in [-0.15, -0.1) is 5.10 Å². The Kier molecular flexibility index (Phi) is 3.78. The second-order valence-corrected chi connectivity index (χ2v) is 6.16. The topological polar surface area (TPSA) is 111 Å². The van der Waals surface area contributed by atoms with E-state index in [1.807, 2.05) is 0 Å². The van der Waals surface area contributed by atoms with E-state index in [9.17, 15) is 8.42 Å². The smallest absolute Gasteiger partial charge is 0.265 e. The van der Waals surface area contributed by atoms with Gasteiger partial charge in [-0.05, 0) is 32.0 Å². The molecular formula is C11H12ClN5O2S. The number of halogens is 1. The summed E-state index contributed by atoms with van der Waals surface area (Å²) in [6.45, 7) is 3.43. The van der Waals surface area contributed by atoms with Crippen molar-refractivity contribution in [1.82, 2.24) is 15.2 Å². The second kappa shape index (κ2) is 5.22. The van der Waals surface area contributed by atoms with E-state index in [1.165, 1.54) is 18.2 Å². The molecule has 0 aliphatic carbocycles. The molecule has 3 N–H and O–H groups in total. The average molecular weight is 314 g/mol. The van der Waals surface area contributed by atoms with Crippen LogP contribution >= 0.6 is 11.6 Å². The molecule has 0 fully saturated rings. The third-order valence-corrected chi connectivity index (χ3v) is 4.37. The Bertz CT molecular complexity index is 763. The average Bonchev–Trinajstić information content (AvgIpc) is 2.36. The Morgan fingerprint density at radius 2 is 1.90 bits per heavy atom. The minimum absolute atomic E-state index is 0.0588. The van der Waals surface area contributed by atoms with Gasteiger partial charge < -0.3 is 5.73 Å². The van der Waals surface area contributed by atoms with Gasteiger partial charge in [-0.1, -0.05) is 11.6 Å². The number of aryl methyl sites for hydroxylation is 2. The van der Waals surface area contributed by atoms with E-state index >= 15 is 0 Å². The van der Waals surface area contributed by atoms with E-state index in [1.54, 1.807) is 13.8 Å². The maximum Gasteiger partial charge on any atom is 0.265 e. The molecule has 0 spiro atoms. The summed E-state index contributed by atoms with van der Waals surface area (Å²) in [7, 11) is -3.92. The number of hydrogen-bond donors (Lipinski definition) is 2. The number of sulfonamides is 1. The fourth-order valence-corrected chi connectivity index (χ4v) is 2.88. The van der Waals surface area contributed by atoms with Crippen molar-refractivity contribution >= 4 is 33.3 Å². The zero-order chi connectivity index (χ0) is 14.9. The Balaban J connectivity index is 2.40. The number of nitrogens with two attached hydrogens (primary N) is 1. The van der Waals surface area contributed by atoms with Crippen LogP contribution in [0.15, 0.2) is 23.1 Å². The molecule has 106 valence electrons. The van der Waals surface area contributed by atoms with E-state index in [0.717, 1.165) is 0 Å². The molecule has 1 aromatic carbocycles. The molecule has 0 radical (unpaired) electrons. The van der Waals surface area contributed by atoms with E-state index in [2.05, 4.69) is 19.9 Å². The highest BCUT2D eigenvalue weighted by Crippen LogP contribution is 2.25. The van der Waals surface area contributed by atoms with Gasteiger partial charge in [0.15, 0.2) is 0 Å². The first-order chi connectivity index (χ1) is 9.29. The zero-order valence-corrected chi connectivity index (χ0v) is 12.3. The molecule has 9 heteroatoms. The molecule has 0 aliphatic rings. The lowest BCUT2D eigenvalue weighted by Gasteiger charge is -2.09. The normalized spacial score (nSPS) is 11.3. The first kappa shape index (κ1) is 14.5. The van der Waals surface area contributed by atoms with E-state index in [4.69, 9.17) is 17.3 Å². The number of rotatable bonds is 3. The second-order valence-electron chi connectivity index (χ2n) is 4.10. The van der Waals surface area contributed by atoms with Crippen LogP contribution in [0.2, 0.25) is 5.02 Å². The minimum atomic E-state index is -3.92. The lowest BCUT2D eigenvalue weighted by molar-refractivity contribution is 0.600. The van der Waals surface area contributed by atoms with Crippen molar-refractivity contribution in [2.24, 2.45) is 0 Å². The van der Waals surface area contributed by atoms with Crippen molar-refractivity contribution in [2.45, 2.75) is 18.7 Å². The largest absolute Gasteiger partial charge is 0.399 e. The van der Waals surface area contributed by atoms with Crippen LogP contribution in [0.5, 0.6) is 0 Å². The molecule has 0 amide bonds. The lowest BCUT2D eigenvalue weighted by Crippen LogP contribution is -2.17. The van der Waals surface area contributed by atoms with Crippen molar-refractivity contribution < 1.29 is 8.42 Å². The molecule has 1 aromatic heterocycles. The van der Waals surface area contributed by atoms with Crippen LogP contribution in [-0.2, 0) is 10.0 Å². The summed E-state index contributed by atoms with van der Waals surface area (Å²) in [6.07, 6.45) is 0. The van der Waals surface area contributed by atoms with Crippen molar-refractivity contribution in [3.8, 4) is 0 Å². The number of anilines is 2. The number of nitrogen functional groups attached to an aromatic ring is 1. The number of nitrogens with one attached hydrogen (secondary N) is 1. The predicted molar refractivity (Wildman–Crippen MR) is 76.0 cm³/mol. The molecule has 1 heterocycles. The Morgan fingerprint density at radius 3 is 2.55 bits per heavy atom. The fourth-order valence-electron chi connectivity index (χ4n) is 1.40. The van der Waals surface area contributed by atoms with E-state index in [0.29, 0.717) is 11.4 Å². The molecule has 0 aliphatic heterocycles. The quantitative estimate of drug-likeness (QED) is 0.831. The Morgan fingerprint density at radius 1 is 1.20 bits per heavy atom. The lowest BCUT2D eigenvalue weighted by atomic mass is 10.3. The van der Waals surface area contributed by atoms with Crippen LogP contribution in [0, 0.1) is 13.8 Å². The third kappa shape index (κ3) is 2.97. The summed E-state index contributed by atoms with van der Waals surface area (Å²) in [5, 5.41) is 7.53. The summed E-state index contributed by atoms with van der Waals surface area (Å²) in [5.41, 5.74) is 7.05. The Labute approximate surface area is 121 Å². The molecular weight excluding hydrogens is 302 g/mol. The summed E-state index contributed by atoms with van der Waals surface area (Å²) in [5.74, 6) is -0.119. The van der Waals surface area contributed by atoms with Crippen molar-refractivity contribution in [2.75, 3.05) is 10.5 Å². The molecule has 2 aromatic rings. The first-order valence-corrected chi connectivity index (χ1v) is 7.41. The van der Waals surface area contributed by atoms with Gasteiger partial charge >= 0.3 is 0 Å². The highest BCUT2D eigenvalue weighted by Gasteiger charge is 2.20. The van der Waals surface area contributed by atoms with Gasteiger partial charge in [-0.3, -0.25) is 0 Å². The van der Waals surface area contributed by atoms with Crippen LogP contribution in [-0.4, -0.2) is 23.6 Å². The van der Waals surface area contributed by atoms with Crippen LogP contribution in [0.1, 0.15) is 11.4 Å². The van der Waals surface area contributed by atoms with Crippen LogP contribution in [0.25, 0.3) is 0 Å². The monoisotopic (exact) mass is 313 g/mol.